The van der Waals surface area contributed by atoms with Crippen LogP contribution < -0.4 is 0 Å². The summed E-state index contributed by atoms with van der Waals surface area (Å²) in [7, 11) is 4.01. The zero-order valence-corrected chi connectivity index (χ0v) is 9.35. The van der Waals surface area contributed by atoms with Gasteiger partial charge in [-0.25, -0.2) is 4.98 Å². The van der Waals surface area contributed by atoms with Gasteiger partial charge in [0.15, 0.2) is 0 Å². The van der Waals surface area contributed by atoms with E-state index in [1.165, 1.54) is 0 Å². The van der Waals surface area contributed by atoms with Crippen molar-refractivity contribution < 1.29 is 5.11 Å². The first-order chi connectivity index (χ1) is 5.89. The fraction of sp³-hybridized carbons (Fsp3) is 0.667. The molecule has 0 saturated carbocycles. The standard InChI is InChI=1S/C9H16N2OS/c1-9(2,12)7-6-13-8(10-7)5-11(3)4/h6,12H,5H2,1-4H3. The van der Waals surface area contributed by atoms with E-state index in [4.69, 9.17) is 0 Å². The lowest BCUT2D eigenvalue weighted by molar-refractivity contribution is 0.0743. The minimum absolute atomic E-state index is 0.759. The SMILES string of the molecule is CN(C)Cc1nc(C(C)(C)O)cs1. The van der Waals surface area contributed by atoms with E-state index in [1.807, 2.05) is 19.5 Å². The Morgan fingerprint density at radius 1 is 1.54 bits per heavy atom. The molecule has 0 fully saturated rings. The third-order valence-electron chi connectivity index (χ3n) is 1.63. The number of rotatable bonds is 3. The molecule has 3 nitrogen and oxygen atoms in total. The molecular weight excluding hydrogens is 184 g/mol. The predicted octanol–water partition coefficient (Wildman–Crippen LogP) is 1.43. The first-order valence-electron chi connectivity index (χ1n) is 4.21. The summed E-state index contributed by atoms with van der Waals surface area (Å²) in [6, 6.07) is 0. The Balaban J connectivity index is 2.75. The average Bonchev–Trinajstić information content (AvgIpc) is 2.32. The fourth-order valence-electron chi connectivity index (χ4n) is 0.935. The lowest BCUT2D eigenvalue weighted by atomic mass is 10.1. The second-order valence-corrected chi connectivity index (χ2v) is 4.87. The second kappa shape index (κ2) is 3.74. The first-order valence-corrected chi connectivity index (χ1v) is 5.09. The van der Waals surface area contributed by atoms with Crippen molar-refractivity contribution in [1.29, 1.82) is 0 Å². The lowest BCUT2D eigenvalue weighted by Crippen LogP contribution is -2.16. The van der Waals surface area contributed by atoms with Crippen LogP contribution >= 0.6 is 11.3 Å². The molecular formula is C9H16N2OS. The van der Waals surface area contributed by atoms with E-state index in [0.29, 0.717) is 0 Å². The summed E-state index contributed by atoms with van der Waals surface area (Å²) >= 11 is 1.59. The van der Waals surface area contributed by atoms with Gasteiger partial charge < -0.3 is 10.0 Å². The molecule has 0 aromatic carbocycles. The molecule has 0 amide bonds. The van der Waals surface area contributed by atoms with Crippen LogP contribution in [-0.2, 0) is 12.1 Å². The van der Waals surface area contributed by atoms with Gasteiger partial charge in [-0.2, -0.15) is 0 Å². The summed E-state index contributed by atoms with van der Waals surface area (Å²) in [6.45, 7) is 4.34. The van der Waals surface area contributed by atoms with Crippen molar-refractivity contribution in [2.75, 3.05) is 14.1 Å². The van der Waals surface area contributed by atoms with Gasteiger partial charge in [-0.3, -0.25) is 0 Å². The molecule has 1 aromatic rings. The van der Waals surface area contributed by atoms with Crippen LogP contribution in [0.15, 0.2) is 5.38 Å². The molecule has 0 radical (unpaired) electrons. The highest BCUT2D eigenvalue weighted by Crippen LogP contribution is 2.21. The Morgan fingerprint density at radius 2 is 2.15 bits per heavy atom. The molecule has 0 saturated heterocycles. The van der Waals surface area contributed by atoms with Gasteiger partial charge in [0.25, 0.3) is 0 Å². The number of nitrogens with zero attached hydrogens (tertiary/aromatic N) is 2. The minimum atomic E-state index is -0.818. The van der Waals surface area contributed by atoms with Crippen LogP contribution in [0, 0.1) is 0 Å². The Hall–Kier alpha value is -0.450. The van der Waals surface area contributed by atoms with Crippen LogP contribution in [0.2, 0.25) is 0 Å². The molecule has 13 heavy (non-hydrogen) atoms. The summed E-state index contributed by atoms with van der Waals surface area (Å²) < 4.78 is 0. The van der Waals surface area contributed by atoms with Crippen molar-refractivity contribution in [3.8, 4) is 0 Å². The number of hydrogen-bond donors (Lipinski definition) is 1. The number of aliphatic hydroxyl groups is 1. The molecule has 4 heteroatoms. The molecule has 0 spiro atoms. The van der Waals surface area contributed by atoms with E-state index < -0.39 is 5.60 Å². The van der Waals surface area contributed by atoms with E-state index in [0.717, 1.165) is 17.2 Å². The topological polar surface area (TPSA) is 36.4 Å². The van der Waals surface area contributed by atoms with Gasteiger partial charge >= 0.3 is 0 Å². The summed E-state index contributed by atoms with van der Waals surface area (Å²) in [4.78, 5) is 6.41. The lowest BCUT2D eigenvalue weighted by Gasteiger charge is -2.13. The van der Waals surface area contributed by atoms with Crippen LogP contribution in [0.1, 0.15) is 24.5 Å². The summed E-state index contributed by atoms with van der Waals surface area (Å²) in [6.07, 6.45) is 0. The summed E-state index contributed by atoms with van der Waals surface area (Å²) in [5.41, 5.74) is -0.0597. The van der Waals surface area contributed by atoms with Crippen LogP contribution in [0.5, 0.6) is 0 Å². The van der Waals surface area contributed by atoms with Gasteiger partial charge in [0.05, 0.1) is 5.69 Å². The Morgan fingerprint density at radius 3 is 2.54 bits per heavy atom. The largest absolute Gasteiger partial charge is 0.384 e. The third-order valence-corrected chi connectivity index (χ3v) is 2.46. The Labute approximate surface area is 83.0 Å². The monoisotopic (exact) mass is 200 g/mol. The van der Waals surface area contributed by atoms with Crippen LogP contribution in [0.4, 0.5) is 0 Å². The Bertz CT molecular complexity index is 275. The van der Waals surface area contributed by atoms with Crippen molar-refractivity contribution in [1.82, 2.24) is 9.88 Å². The van der Waals surface area contributed by atoms with Gasteiger partial charge in [-0.15, -0.1) is 11.3 Å². The quantitative estimate of drug-likeness (QED) is 0.802. The maximum Gasteiger partial charge on any atom is 0.107 e. The molecule has 0 aliphatic rings. The van der Waals surface area contributed by atoms with Crippen LogP contribution in [-0.4, -0.2) is 29.1 Å². The van der Waals surface area contributed by atoms with E-state index in [9.17, 15) is 5.11 Å². The van der Waals surface area contributed by atoms with Crippen molar-refractivity contribution in [3.05, 3.63) is 16.1 Å². The molecule has 1 heterocycles. The highest BCUT2D eigenvalue weighted by Gasteiger charge is 2.19. The highest BCUT2D eigenvalue weighted by molar-refractivity contribution is 7.09. The third kappa shape index (κ3) is 3.06. The maximum atomic E-state index is 9.67. The maximum absolute atomic E-state index is 9.67. The van der Waals surface area contributed by atoms with Gasteiger partial charge in [0.1, 0.15) is 10.6 Å². The number of hydrogen-bond acceptors (Lipinski definition) is 4. The first kappa shape index (κ1) is 10.6. The highest BCUT2D eigenvalue weighted by atomic mass is 32.1. The fourth-order valence-corrected chi connectivity index (χ4v) is 2.01. The van der Waals surface area contributed by atoms with E-state index in [-0.39, 0.29) is 0 Å². The molecule has 1 N–H and O–H groups in total. The molecule has 1 aromatic heterocycles. The van der Waals surface area contributed by atoms with Crippen LogP contribution in [0.25, 0.3) is 0 Å². The van der Waals surface area contributed by atoms with Gasteiger partial charge in [-0.1, -0.05) is 0 Å². The molecule has 0 unspecified atom stereocenters. The second-order valence-electron chi connectivity index (χ2n) is 3.92. The van der Waals surface area contributed by atoms with Gasteiger partial charge in [0, 0.05) is 11.9 Å². The van der Waals surface area contributed by atoms with Crippen molar-refractivity contribution >= 4 is 11.3 Å². The predicted molar refractivity (Wildman–Crippen MR) is 54.7 cm³/mol. The summed E-state index contributed by atoms with van der Waals surface area (Å²) in [5, 5.41) is 12.6. The normalized spacial score (nSPS) is 12.5. The smallest absolute Gasteiger partial charge is 0.107 e. The van der Waals surface area contributed by atoms with Crippen LogP contribution in [0.3, 0.4) is 0 Å². The van der Waals surface area contributed by atoms with E-state index >= 15 is 0 Å². The van der Waals surface area contributed by atoms with Gasteiger partial charge in [-0.05, 0) is 27.9 Å². The summed E-state index contributed by atoms with van der Waals surface area (Å²) in [5.74, 6) is 0. The van der Waals surface area contributed by atoms with Gasteiger partial charge in [0.2, 0.25) is 0 Å². The minimum Gasteiger partial charge on any atom is -0.384 e. The zero-order chi connectivity index (χ0) is 10.1. The van der Waals surface area contributed by atoms with E-state index in [1.54, 1.807) is 25.2 Å². The molecule has 74 valence electrons. The molecule has 0 bridgehead atoms. The van der Waals surface area contributed by atoms with Crippen molar-refractivity contribution in [2.24, 2.45) is 0 Å². The number of thiazole rings is 1. The van der Waals surface area contributed by atoms with Crippen molar-refractivity contribution in [3.63, 3.8) is 0 Å². The zero-order valence-electron chi connectivity index (χ0n) is 8.53. The van der Waals surface area contributed by atoms with E-state index in [2.05, 4.69) is 9.88 Å². The Kier molecular flexibility index (Phi) is 3.05. The average molecular weight is 200 g/mol. The molecule has 1 rings (SSSR count). The number of aromatic nitrogens is 1. The van der Waals surface area contributed by atoms with Crippen molar-refractivity contribution in [2.45, 2.75) is 26.0 Å². The molecule has 0 atom stereocenters. The molecule has 0 aliphatic heterocycles. The molecule has 0 aliphatic carbocycles.